The number of benzene rings is 2. The molecule has 3 N–H and O–H groups in total. The second-order valence-corrected chi connectivity index (χ2v) is 6.59. The highest BCUT2D eigenvalue weighted by atomic mass is 79.9. The maximum Gasteiger partial charge on any atom is 0.244 e. The van der Waals surface area contributed by atoms with Gasteiger partial charge >= 0.3 is 0 Å². The minimum atomic E-state index is -1.10. The Kier molecular flexibility index (Phi) is 5.44. The number of nitrogens with one attached hydrogen (secondary N) is 1. The van der Waals surface area contributed by atoms with Gasteiger partial charge in [-0.25, -0.2) is 0 Å². The van der Waals surface area contributed by atoms with Gasteiger partial charge in [0.05, 0.1) is 13.2 Å². The molecular weight excluding hydrogens is 356 g/mol. The maximum absolute atomic E-state index is 12.6. The van der Waals surface area contributed by atoms with Gasteiger partial charge in [0.25, 0.3) is 0 Å². The third-order valence-electron chi connectivity index (χ3n) is 3.88. The van der Waals surface area contributed by atoms with E-state index in [1.807, 2.05) is 55.5 Å². The number of methoxy groups -OCH3 is 1. The smallest absolute Gasteiger partial charge is 0.244 e. The molecule has 0 aromatic heterocycles. The third kappa shape index (κ3) is 4.12. The Balaban J connectivity index is 2.11. The Morgan fingerprint density at radius 2 is 1.74 bits per heavy atom. The number of nitrogens with two attached hydrogens (primary N) is 1. The first-order valence-electron chi connectivity index (χ1n) is 7.34. The average Bonchev–Trinajstić information content (AvgIpc) is 2.55. The molecule has 1 amide bonds. The minimum Gasteiger partial charge on any atom is -0.497 e. The molecule has 2 rings (SSSR count). The summed E-state index contributed by atoms with van der Waals surface area (Å²) in [5, 5.41) is 2.97. The van der Waals surface area contributed by atoms with Crippen LogP contribution in [0.4, 0.5) is 0 Å². The van der Waals surface area contributed by atoms with Crippen molar-refractivity contribution in [1.82, 2.24) is 5.32 Å². The SMILES string of the molecule is COc1ccc(C(C)NC(=O)C(C)(N)c2ccc(Br)cc2)cc1. The summed E-state index contributed by atoms with van der Waals surface area (Å²) in [5.41, 5.74) is 6.92. The average molecular weight is 377 g/mol. The molecule has 2 aromatic rings. The van der Waals surface area contributed by atoms with Crippen LogP contribution in [0.2, 0.25) is 0 Å². The summed E-state index contributed by atoms with van der Waals surface area (Å²) in [4.78, 5) is 12.6. The topological polar surface area (TPSA) is 64.3 Å². The van der Waals surface area contributed by atoms with Gasteiger partial charge in [0, 0.05) is 4.47 Å². The number of amides is 1. The molecule has 0 fully saturated rings. The van der Waals surface area contributed by atoms with E-state index in [9.17, 15) is 4.79 Å². The lowest BCUT2D eigenvalue weighted by Crippen LogP contribution is -2.49. The van der Waals surface area contributed by atoms with Crippen molar-refractivity contribution in [3.05, 3.63) is 64.1 Å². The quantitative estimate of drug-likeness (QED) is 0.838. The molecule has 4 nitrogen and oxygen atoms in total. The van der Waals surface area contributed by atoms with Crippen molar-refractivity contribution in [2.45, 2.75) is 25.4 Å². The van der Waals surface area contributed by atoms with Gasteiger partial charge in [-0.15, -0.1) is 0 Å². The normalized spacial score (nSPS) is 14.7. The zero-order valence-electron chi connectivity index (χ0n) is 13.5. The second-order valence-electron chi connectivity index (χ2n) is 5.68. The van der Waals surface area contributed by atoms with Crippen molar-refractivity contribution in [2.75, 3.05) is 7.11 Å². The van der Waals surface area contributed by atoms with E-state index < -0.39 is 5.54 Å². The summed E-state index contributed by atoms with van der Waals surface area (Å²) in [6, 6.07) is 14.9. The zero-order chi connectivity index (χ0) is 17.0. The Bertz CT molecular complexity index is 666. The number of carbonyl (C=O) groups excluding carboxylic acids is 1. The number of carbonyl (C=O) groups is 1. The molecule has 0 aliphatic rings. The van der Waals surface area contributed by atoms with E-state index in [1.165, 1.54) is 0 Å². The van der Waals surface area contributed by atoms with Crippen molar-refractivity contribution in [3.63, 3.8) is 0 Å². The molecule has 2 unspecified atom stereocenters. The van der Waals surface area contributed by atoms with Gasteiger partial charge < -0.3 is 15.8 Å². The van der Waals surface area contributed by atoms with Crippen molar-refractivity contribution in [3.8, 4) is 5.75 Å². The first-order valence-corrected chi connectivity index (χ1v) is 8.13. The van der Waals surface area contributed by atoms with Crippen LogP contribution < -0.4 is 15.8 Å². The molecule has 0 aliphatic carbocycles. The molecule has 0 heterocycles. The Morgan fingerprint density at radius 3 is 2.26 bits per heavy atom. The van der Waals surface area contributed by atoms with Gasteiger partial charge in [-0.3, -0.25) is 4.79 Å². The lowest BCUT2D eigenvalue weighted by Gasteiger charge is -2.26. The number of hydrogen-bond donors (Lipinski definition) is 2. The maximum atomic E-state index is 12.6. The fourth-order valence-corrected chi connectivity index (χ4v) is 2.51. The highest BCUT2D eigenvalue weighted by Gasteiger charge is 2.31. The number of hydrogen-bond acceptors (Lipinski definition) is 3. The Labute approximate surface area is 145 Å². The number of rotatable bonds is 5. The van der Waals surface area contributed by atoms with E-state index >= 15 is 0 Å². The van der Waals surface area contributed by atoms with Gasteiger partial charge in [-0.1, -0.05) is 40.2 Å². The molecule has 0 aliphatic heterocycles. The van der Waals surface area contributed by atoms with E-state index in [-0.39, 0.29) is 11.9 Å². The van der Waals surface area contributed by atoms with Crippen LogP contribution >= 0.6 is 15.9 Å². The summed E-state index contributed by atoms with van der Waals surface area (Å²) in [6.45, 7) is 3.64. The highest BCUT2D eigenvalue weighted by Crippen LogP contribution is 2.23. The Hall–Kier alpha value is -1.85. The van der Waals surface area contributed by atoms with Crippen molar-refractivity contribution < 1.29 is 9.53 Å². The molecule has 2 aromatic carbocycles. The van der Waals surface area contributed by atoms with Gasteiger partial charge in [0.2, 0.25) is 5.91 Å². The highest BCUT2D eigenvalue weighted by molar-refractivity contribution is 9.10. The first kappa shape index (κ1) is 17.5. The van der Waals surface area contributed by atoms with E-state index in [0.717, 1.165) is 21.3 Å². The molecule has 5 heteroatoms. The summed E-state index contributed by atoms with van der Waals surface area (Å²) in [7, 11) is 1.62. The summed E-state index contributed by atoms with van der Waals surface area (Å²) in [6.07, 6.45) is 0. The van der Waals surface area contributed by atoms with Crippen LogP contribution in [0.5, 0.6) is 5.75 Å². The van der Waals surface area contributed by atoms with E-state index in [2.05, 4.69) is 21.2 Å². The minimum absolute atomic E-state index is 0.147. The molecule has 2 atom stereocenters. The summed E-state index contributed by atoms with van der Waals surface area (Å²) in [5.74, 6) is 0.564. The van der Waals surface area contributed by atoms with Gasteiger partial charge in [0.15, 0.2) is 0 Å². The van der Waals surface area contributed by atoms with Crippen LogP contribution in [0.25, 0.3) is 0 Å². The molecule has 0 radical (unpaired) electrons. The van der Waals surface area contributed by atoms with Crippen molar-refractivity contribution >= 4 is 21.8 Å². The molecule has 0 bridgehead atoms. The standard InChI is InChI=1S/C18H21BrN2O2/c1-12(13-4-10-16(23-3)11-5-13)21-17(22)18(2,20)14-6-8-15(19)9-7-14/h4-12H,20H2,1-3H3,(H,21,22). The number of ether oxygens (including phenoxy) is 1. The fourth-order valence-electron chi connectivity index (χ4n) is 2.25. The van der Waals surface area contributed by atoms with Crippen LogP contribution in [0.1, 0.15) is 31.0 Å². The molecule has 0 spiro atoms. The van der Waals surface area contributed by atoms with Gasteiger partial charge in [0.1, 0.15) is 11.3 Å². The van der Waals surface area contributed by atoms with E-state index in [0.29, 0.717) is 0 Å². The predicted molar refractivity (Wildman–Crippen MR) is 95.2 cm³/mol. The first-order chi connectivity index (χ1) is 10.8. The second kappa shape index (κ2) is 7.15. The number of halogens is 1. The largest absolute Gasteiger partial charge is 0.497 e. The predicted octanol–water partition coefficient (Wildman–Crippen LogP) is 3.51. The molecule has 0 saturated carbocycles. The van der Waals surface area contributed by atoms with Crippen molar-refractivity contribution in [1.29, 1.82) is 0 Å². The fraction of sp³-hybridized carbons (Fsp3) is 0.278. The molecule has 0 saturated heterocycles. The van der Waals surface area contributed by atoms with E-state index in [4.69, 9.17) is 10.5 Å². The molecular formula is C18H21BrN2O2. The van der Waals surface area contributed by atoms with Crippen LogP contribution in [0, 0.1) is 0 Å². The lowest BCUT2D eigenvalue weighted by atomic mass is 9.91. The monoisotopic (exact) mass is 376 g/mol. The van der Waals surface area contributed by atoms with Gasteiger partial charge in [-0.05, 0) is 49.2 Å². The van der Waals surface area contributed by atoms with Crippen LogP contribution in [0.3, 0.4) is 0 Å². The molecule has 23 heavy (non-hydrogen) atoms. The van der Waals surface area contributed by atoms with Gasteiger partial charge in [-0.2, -0.15) is 0 Å². The Morgan fingerprint density at radius 1 is 1.17 bits per heavy atom. The summed E-state index contributed by atoms with van der Waals surface area (Å²) < 4.78 is 6.09. The lowest BCUT2D eigenvalue weighted by molar-refractivity contribution is -0.126. The molecule has 122 valence electrons. The van der Waals surface area contributed by atoms with Crippen LogP contribution in [-0.2, 0) is 10.3 Å². The van der Waals surface area contributed by atoms with Crippen molar-refractivity contribution in [2.24, 2.45) is 5.73 Å². The van der Waals surface area contributed by atoms with Crippen LogP contribution in [0.15, 0.2) is 53.0 Å². The summed E-state index contributed by atoms with van der Waals surface area (Å²) >= 11 is 3.38. The van der Waals surface area contributed by atoms with Crippen LogP contribution in [-0.4, -0.2) is 13.0 Å². The van der Waals surface area contributed by atoms with E-state index in [1.54, 1.807) is 14.0 Å². The third-order valence-corrected chi connectivity index (χ3v) is 4.41. The zero-order valence-corrected chi connectivity index (χ0v) is 15.1.